The fraction of sp³-hybridized carbons (Fsp3) is 0.278. The van der Waals surface area contributed by atoms with Crippen molar-refractivity contribution in [1.82, 2.24) is 0 Å². The summed E-state index contributed by atoms with van der Waals surface area (Å²) in [5.74, 6) is 0. The summed E-state index contributed by atoms with van der Waals surface area (Å²) in [5, 5.41) is 0. The first-order valence-electron chi connectivity index (χ1n) is 7.85. The van der Waals surface area contributed by atoms with Crippen LogP contribution in [0.25, 0.3) is 0 Å². The van der Waals surface area contributed by atoms with E-state index >= 15 is 0 Å². The monoisotopic (exact) mass is 380 g/mol. The van der Waals surface area contributed by atoms with Crippen molar-refractivity contribution in [3.8, 4) is 0 Å². The van der Waals surface area contributed by atoms with Gasteiger partial charge in [-0.25, -0.2) is 4.57 Å². The third-order valence-electron chi connectivity index (χ3n) is 3.19. The molecule has 128 valence electrons. The van der Waals surface area contributed by atoms with Crippen molar-refractivity contribution in [3.63, 3.8) is 0 Å². The molecule has 0 heterocycles. The third-order valence-corrected chi connectivity index (χ3v) is 7.60. The molecule has 2 rings (SSSR count). The van der Waals surface area contributed by atoms with Crippen molar-refractivity contribution >= 4 is 34.6 Å². The maximum Gasteiger partial charge on any atom is 0.394 e. The summed E-state index contributed by atoms with van der Waals surface area (Å²) in [4.78, 5) is 0. The second-order valence-electron chi connectivity index (χ2n) is 5.03. The smallest absolute Gasteiger partial charge is 0.301 e. The highest BCUT2D eigenvalue weighted by molar-refractivity contribution is 8.65. The van der Waals surface area contributed by atoms with Crippen molar-refractivity contribution in [2.45, 2.75) is 19.8 Å². The molecule has 0 bridgehead atoms. The average molecular weight is 380 g/mol. The number of rotatable bonds is 9. The number of hydrogen-bond acceptors (Lipinski definition) is 5. The summed E-state index contributed by atoms with van der Waals surface area (Å²) < 4.78 is 24.3. The van der Waals surface area contributed by atoms with E-state index in [-0.39, 0.29) is 0 Å². The van der Waals surface area contributed by atoms with Crippen LogP contribution in [0.1, 0.15) is 24.5 Å². The standard InChI is InChI=1S/C18H21O3PS2/c1-2-20-22(19,24-18(23)17-13-7-4-8-14-17)21-15-9-12-16-10-5-3-6-11-16/h3-8,10-11,13-14H,2,9,12,15H2,1H3. The van der Waals surface area contributed by atoms with Gasteiger partial charge in [-0.05, 0) is 30.9 Å². The Morgan fingerprint density at radius 1 is 1.04 bits per heavy atom. The minimum atomic E-state index is -3.29. The summed E-state index contributed by atoms with van der Waals surface area (Å²) in [6.07, 6.45) is 1.65. The normalized spacial score (nSPS) is 13.4. The second kappa shape index (κ2) is 10.1. The Kier molecular flexibility index (Phi) is 8.16. The van der Waals surface area contributed by atoms with E-state index in [1.54, 1.807) is 6.92 Å². The van der Waals surface area contributed by atoms with E-state index in [4.69, 9.17) is 21.3 Å². The average Bonchev–Trinajstić information content (AvgIpc) is 2.61. The highest BCUT2D eigenvalue weighted by Crippen LogP contribution is 2.61. The van der Waals surface area contributed by atoms with Gasteiger partial charge in [-0.15, -0.1) is 0 Å². The van der Waals surface area contributed by atoms with Crippen LogP contribution >= 0.6 is 30.4 Å². The van der Waals surface area contributed by atoms with Gasteiger partial charge in [0.25, 0.3) is 0 Å². The lowest BCUT2D eigenvalue weighted by atomic mass is 10.1. The largest absolute Gasteiger partial charge is 0.394 e. The lowest BCUT2D eigenvalue weighted by Crippen LogP contribution is -2.00. The lowest BCUT2D eigenvalue weighted by molar-refractivity contribution is 0.226. The fourth-order valence-corrected chi connectivity index (χ4v) is 6.11. The topological polar surface area (TPSA) is 35.5 Å². The zero-order valence-corrected chi connectivity index (χ0v) is 16.1. The van der Waals surface area contributed by atoms with Crippen molar-refractivity contribution in [2.24, 2.45) is 0 Å². The van der Waals surface area contributed by atoms with Gasteiger partial charge >= 0.3 is 6.80 Å². The van der Waals surface area contributed by atoms with Crippen LogP contribution in [-0.4, -0.2) is 17.4 Å². The first-order valence-corrected chi connectivity index (χ1v) is 11.2. The van der Waals surface area contributed by atoms with Crippen molar-refractivity contribution in [2.75, 3.05) is 13.2 Å². The zero-order chi connectivity index (χ0) is 17.3. The molecule has 0 spiro atoms. The van der Waals surface area contributed by atoms with Crippen LogP contribution in [0.4, 0.5) is 0 Å². The predicted molar refractivity (Wildman–Crippen MR) is 106 cm³/mol. The van der Waals surface area contributed by atoms with E-state index in [2.05, 4.69) is 12.1 Å². The van der Waals surface area contributed by atoms with E-state index in [1.165, 1.54) is 5.56 Å². The molecule has 6 heteroatoms. The molecule has 1 unspecified atom stereocenters. The fourth-order valence-electron chi connectivity index (χ4n) is 2.07. The van der Waals surface area contributed by atoms with Gasteiger partial charge in [0, 0.05) is 11.4 Å². The number of aryl methyl sites for hydroxylation is 1. The van der Waals surface area contributed by atoms with E-state index in [0.717, 1.165) is 29.8 Å². The Morgan fingerprint density at radius 3 is 2.29 bits per heavy atom. The van der Waals surface area contributed by atoms with Crippen molar-refractivity contribution < 1.29 is 13.6 Å². The van der Waals surface area contributed by atoms with Crippen LogP contribution in [0.15, 0.2) is 60.7 Å². The number of benzene rings is 2. The van der Waals surface area contributed by atoms with Gasteiger partial charge in [0.05, 0.1) is 17.4 Å². The van der Waals surface area contributed by atoms with Gasteiger partial charge in [-0.3, -0.25) is 0 Å². The maximum absolute atomic E-state index is 12.8. The molecule has 2 aromatic rings. The van der Waals surface area contributed by atoms with Crippen LogP contribution in [0.3, 0.4) is 0 Å². The maximum atomic E-state index is 12.8. The van der Waals surface area contributed by atoms with Gasteiger partial charge in [0.2, 0.25) is 0 Å². The van der Waals surface area contributed by atoms with Crippen LogP contribution < -0.4 is 0 Å². The molecular formula is C18H21O3PS2. The Bertz CT molecular complexity index is 677. The molecule has 0 amide bonds. The number of hydrogen-bond donors (Lipinski definition) is 0. The Morgan fingerprint density at radius 2 is 1.67 bits per heavy atom. The van der Waals surface area contributed by atoms with E-state index in [0.29, 0.717) is 17.4 Å². The van der Waals surface area contributed by atoms with Crippen LogP contribution in [-0.2, 0) is 20.0 Å². The van der Waals surface area contributed by atoms with E-state index in [1.807, 2.05) is 48.5 Å². The van der Waals surface area contributed by atoms with Crippen LogP contribution in [0, 0.1) is 0 Å². The quantitative estimate of drug-likeness (QED) is 0.308. The highest BCUT2D eigenvalue weighted by Gasteiger charge is 2.28. The summed E-state index contributed by atoms with van der Waals surface area (Å²) in [6, 6.07) is 19.6. The molecule has 0 N–H and O–H groups in total. The third kappa shape index (κ3) is 6.50. The van der Waals surface area contributed by atoms with Gasteiger partial charge in [0.15, 0.2) is 0 Å². The van der Waals surface area contributed by atoms with Crippen LogP contribution in [0.2, 0.25) is 0 Å². The molecule has 0 radical (unpaired) electrons. The summed E-state index contributed by atoms with van der Waals surface area (Å²) in [6.45, 7) is -0.798. The minimum Gasteiger partial charge on any atom is -0.301 e. The Balaban J connectivity index is 1.87. The molecule has 0 aliphatic heterocycles. The molecule has 2 aromatic carbocycles. The molecule has 0 saturated carbocycles. The lowest BCUT2D eigenvalue weighted by Gasteiger charge is -2.17. The van der Waals surface area contributed by atoms with Gasteiger partial charge in [-0.1, -0.05) is 72.9 Å². The molecule has 0 fully saturated rings. The SMILES string of the molecule is CCOP(=O)(OCCCc1ccccc1)SC(=S)c1ccccc1. The second-order valence-corrected chi connectivity index (χ2v) is 9.59. The molecular weight excluding hydrogens is 359 g/mol. The predicted octanol–water partition coefficient (Wildman–Crippen LogP) is 5.89. The summed E-state index contributed by atoms with van der Waals surface area (Å²) in [5.41, 5.74) is 2.09. The Hall–Kier alpha value is -0.970. The van der Waals surface area contributed by atoms with Crippen LogP contribution in [0.5, 0.6) is 0 Å². The first kappa shape index (κ1) is 19.4. The highest BCUT2D eigenvalue weighted by atomic mass is 32.7. The minimum absolute atomic E-state index is 0.320. The van der Waals surface area contributed by atoms with Gasteiger partial charge in [-0.2, -0.15) is 0 Å². The Labute approximate surface area is 153 Å². The first-order chi connectivity index (χ1) is 11.6. The van der Waals surface area contributed by atoms with Crippen molar-refractivity contribution in [3.05, 3.63) is 71.8 Å². The van der Waals surface area contributed by atoms with Gasteiger partial charge in [0.1, 0.15) is 0 Å². The zero-order valence-electron chi connectivity index (χ0n) is 13.6. The number of thiocarbonyl (C=S) groups is 1. The molecule has 1 atom stereocenters. The molecule has 3 nitrogen and oxygen atoms in total. The molecule has 0 saturated heterocycles. The summed E-state index contributed by atoms with van der Waals surface area (Å²) in [7, 11) is 0. The molecule has 24 heavy (non-hydrogen) atoms. The van der Waals surface area contributed by atoms with Crippen molar-refractivity contribution in [1.29, 1.82) is 0 Å². The van der Waals surface area contributed by atoms with E-state index < -0.39 is 6.80 Å². The molecule has 0 aliphatic rings. The molecule has 0 aliphatic carbocycles. The molecule has 0 aromatic heterocycles. The van der Waals surface area contributed by atoms with Gasteiger partial charge < -0.3 is 9.05 Å². The summed E-state index contributed by atoms with van der Waals surface area (Å²) >= 11 is 6.38. The van der Waals surface area contributed by atoms with E-state index in [9.17, 15) is 4.57 Å².